The molecule has 3 amide bonds. The predicted molar refractivity (Wildman–Crippen MR) is 99.2 cm³/mol. The van der Waals surface area contributed by atoms with Crippen molar-refractivity contribution in [1.29, 1.82) is 0 Å². The summed E-state index contributed by atoms with van der Waals surface area (Å²) in [5.41, 5.74) is 2.33. The Morgan fingerprint density at radius 2 is 1.96 bits per heavy atom. The highest BCUT2D eigenvalue weighted by Gasteiger charge is 2.28. The molecule has 1 aliphatic rings. The fraction of sp³-hybridized carbons (Fsp3) is 0.300. The molecule has 26 heavy (non-hydrogen) atoms. The second-order valence-corrected chi connectivity index (χ2v) is 6.74. The fourth-order valence-corrected chi connectivity index (χ4v) is 3.18. The van der Waals surface area contributed by atoms with E-state index in [1.807, 2.05) is 18.2 Å². The molecule has 1 unspecified atom stereocenters. The van der Waals surface area contributed by atoms with E-state index in [0.29, 0.717) is 25.2 Å². The molecule has 136 valence electrons. The molecule has 0 aliphatic carbocycles. The van der Waals surface area contributed by atoms with Gasteiger partial charge in [0, 0.05) is 45.2 Å². The van der Waals surface area contributed by atoms with E-state index < -0.39 is 0 Å². The summed E-state index contributed by atoms with van der Waals surface area (Å²) >= 11 is 0. The van der Waals surface area contributed by atoms with Gasteiger partial charge in [-0.2, -0.15) is 0 Å². The van der Waals surface area contributed by atoms with Gasteiger partial charge in [-0.1, -0.05) is 24.3 Å². The molecule has 1 aliphatic heterocycles. The van der Waals surface area contributed by atoms with Crippen LogP contribution in [-0.2, 0) is 4.79 Å². The second kappa shape index (κ2) is 7.56. The Bertz CT molecular complexity index is 807. The first-order valence-corrected chi connectivity index (χ1v) is 8.54. The number of hydrogen-bond acceptors (Lipinski definition) is 2. The van der Waals surface area contributed by atoms with E-state index in [9.17, 15) is 14.0 Å². The summed E-state index contributed by atoms with van der Waals surface area (Å²) in [7, 11) is 3.50. The molecule has 0 spiro atoms. The molecule has 0 saturated carbocycles. The smallest absolute Gasteiger partial charge is 0.321 e. The summed E-state index contributed by atoms with van der Waals surface area (Å²) in [6.07, 6.45) is 0.483. The Hall–Kier alpha value is -2.89. The van der Waals surface area contributed by atoms with Gasteiger partial charge in [0.15, 0.2) is 0 Å². The van der Waals surface area contributed by atoms with E-state index in [1.54, 1.807) is 42.1 Å². The van der Waals surface area contributed by atoms with Crippen LogP contribution < -0.4 is 5.32 Å². The number of carbonyl (C=O) groups is 2. The van der Waals surface area contributed by atoms with E-state index >= 15 is 0 Å². The van der Waals surface area contributed by atoms with Crippen molar-refractivity contribution in [2.75, 3.05) is 32.5 Å². The van der Waals surface area contributed by atoms with Gasteiger partial charge in [-0.3, -0.25) is 4.79 Å². The summed E-state index contributed by atoms with van der Waals surface area (Å²) in [6, 6.07) is 13.4. The van der Waals surface area contributed by atoms with Crippen molar-refractivity contribution >= 4 is 17.6 Å². The molecule has 1 fully saturated rings. The highest BCUT2D eigenvalue weighted by Crippen LogP contribution is 2.22. The Balaban J connectivity index is 1.58. The van der Waals surface area contributed by atoms with Crippen LogP contribution in [-0.4, -0.2) is 48.9 Å². The fourth-order valence-electron chi connectivity index (χ4n) is 3.18. The minimum atomic E-state index is -0.280. The average molecular weight is 355 g/mol. The molecule has 2 aromatic rings. The summed E-state index contributed by atoms with van der Waals surface area (Å²) in [5.74, 6) is 0.00731. The van der Waals surface area contributed by atoms with Crippen LogP contribution in [0.25, 0.3) is 11.1 Å². The minimum absolute atomic E-state index is 0.122. The van der Waals surface area contributed by atoms with Crippen LogP contribution in [0.15, 0.2) is 48.5 Å². The molecule has 6 heteroatoms. The van der Waals surface area contributed by atoms with Crippen LogP contribution in [0.5, 0.6) is 0 Å². The first-order chi connectivity index (χ1) is 12.4. The van der Waals surface area contributed by atoms with E-state index in [1.165, 1.54) is 12.1 Å². The summed E-state index contributed by atoms with van der Waals surface area (Å²) in [4.78, 5) is 27.2. The third kappa shape index (κ3) is 4.20. The van der Waals surface area contributed by atoms with Crippen molar-refractivity contribution in [3.8, 4) is 11.1 Å². The zero-order valence-electron chi connectivity index (χ0n) is 14.9. The minimum Gasteiger partial charge on any atom is -0.345 e. The summed E-state index contributed by atoms with van der Waals surface area (Å²) in [5, 5.41) is 2.84. The first-order valence-electron chi connectivity index (χ1n) is 8.54. The number of benzene rings is 2. The third-order valence-electron chi connectivity index (χ3n) is 4.59. The van der Waals surface area contributed by atoms with Gasteiger partial charge >= 0.3 is 6.03 Å². The number of nitrogens with zero attached hydrogens (tertiary/aromatic N) is 2. The van der Waals surface area contributed by atoms with E-state index in [4.69, 9.17) is 0 Å². The monoisotopic (exact) mass is 355 g/mol. The lowest BCUT2D eigenvalue weighted by Gasteiger charge is -2.21. The van der Waals surface area contributed by atoms with Crippen LogP contribution in [0.3, 0.4) is 0 Å². The average Bonchev–Trinajstić information content (AvgIpc) is 2.93. The largest absolute Gasteiger partial charge is 0.345 e. The van der Waals surface area contributed by atoms with Crippen molar-refractivity contribution in [3.63, 3.8) is 0 Å². The highest BCUT2D eigenvalue weighted by atomic mass is 19.1. The van der Waals surface area contributed by atoms with Gasteiger partial charge in [-0.05, 0) is 35.4 Å². The van der Waals surface area contributed by atoms with E-state index in [0.717, 1.165) is 11.1 Å². The lowest BCUT2D eigenvalue weighted by molar-refractivity contribution is -0.126. The van der Waals surface area contributed by atoms with E-state index in [-0.39, 0.29) is 23.7 Å². The Morgan fingerprint density at radius 1 is 1.23 bits per heavy atom. The van der Waals surface area contributed by atoms with Gasteiger partial charge in [0.05, 0.1) is 0 Å². The van der Waals surface area contributed by atoms with Crippen LogP contribution in [0.4, 0.5) is 14.9 Å². The second-order valence-electron chi connectivity index (χ2n) is 6.74. The Labute approximate surface area is 152 Å². The van der Waals surface area contributed by atoms with E-state index in [2.05, 4.69) is 5.32 Å². The number of halogens is 1. The number of likely N-dealkylation sites (tertiary alicyclic amines) is 1. The Kier molecular flexibility index (Phi) is 5.21. The highest BCUT2D eigenvalue weighted by molar-refractivity contribution is 5.89. The van der Waals surface area contributed by atoms with Gasteiger partial charge in [0.25, 0.3) is 0 Å². The number of urea groups is 1. The van der Waals surface area contributed by atoms with Crippen LogP contribution in [0.2, 0.25) is 0 Å². The molecule has 1 N–H and O–H groups in total. The maximum atomic E-state index is 13.3. The van der Waals surface area contributed by atoms with Gasteiger partial charge < -0.3 is 15.1 Å². The lowest BCUT2D eigenvalue weighted by Crippen LogP contribution is -2.35. The van der Waals surface area contributed by atoms with Crippen molar-refractivity contribution in [2.45, 2.75) is 6.42 Å². The maximum absolute atomic E-state index is 13.3. The van der Waals surface area contributed by atoms with Crippen molar-refractivity contribution in [3.05, 3.63) is 54.3 Å². The maximum Gasteiger partial charge on any atom is 0.321 e. The topological polar surface area (TPSA) is 52.6 Å². The molecule has 2 aromatic carbocycles. The number of rotatable bonds is 4. The van der Waals surface area contributed by atoms with Crippen LogP contribution >= 0.6 is 0 Å². The number of hydrogen-bond donors (Lipinski definition) is 1. The molecular weight excluding hydrogens is 333 g/mol. The lowest BCUT2D eigenvalue weighted by atomic mass is 10.1. The van der Waals surface area contributed by atoms with Crippen LogP contribution in [0.1, 0.15) is 6.42 Å². The molecule has 1 atom stereocenters. The molecule has 0 bridgehead atoms. The number of amides is 3. The van der Waals surface area contributed by atoms with Crippen molar-refractivity contribution < 1.29 is 14.0 Å². The zero-order chi connectivity index (χ0) is 18.7. The molecular formula is C20H22FN3O2. The molecule has 1 saturated heterocycles. The number of carbonyl (C=O) groups excluding carboxylic acids is 2. The Morgan fingerprint density at radius 3 is 2.58 bits per heavy atom. The van der Waals surface area contributed by atoms with Crippen molar-refractivity contribution in [2.24, 2.45) is 5.92 Å². The first kappa shape index (κ1) is 17.9. The number of nitrogens with one attached hydrogen (secondary N) is 1. The van der Waals surface area contributed by atoms with Gasteiger partial charge in [0.1, 0.15) is 5.82 Å². The normalized spacial score (nSPS) is 16.7. The summed E-state index contributed by atoms with van der Waals surface area (Å²) in [6.45, 7) is 1.21. The number of anilines is 1. The van der Waals surface area contributed by atoms with Gasteiger partial charge in [-0.15, -0.1) is 0 Å². The molecule has 5 nitrogen and oxygen atoms in total. The predicted octanol–water partition coefficient (Wildman–Crippen LogP) is 3.43. The SMILES string of the molecule is CN1CC(CN(C)C(=O)Nc2ccc(-c3cccc(F)c3)cc2)CC1=O. The third-order valence-corrected chi connectivity index (χ3v) is 4.59. The van der Waals surface area contributed by atoms with Gasteiger partial charge in [-0.25, -0.2) is 9.18 Å². The summed E-state index contributed by atoms with van der Waals surface area (Å²) < 4.78 is 13.3. The molecule has 0 radical (unpaired) electrons. The molecule has 1 heterocycles. The zero-order valence-corrected chi connectivity index (χ0v) is 14.9. The van der Waals surface area contributed by atoms with Gasteiger partial charge in [0.2, 0.25) is 5.91 Å². The quantitative estimate of drug-likeness (QED) is 0.913. The standard InChI is InChI=1S/C20H22FN3O2/c1-23-12-14(10-19(23)25)13-24(2)20(26)22-18-8-6-15(7-9-18)16-4-3-5-17(21)11-16/h3-9,11,14H,10,12-13H2,1-2H3,(H,22,26). The molecule has 3 rings (SSSR count). The van der Waals surface area contributed by atoms with Crippen LogP contribution in [0, 0.1) is 11.7 Å². The molecule has 0 aromatic heterocycles. The van der Waals surface area contributed by atoms with Crippen molar-refractivity contribution in [1.82, 2.24) is 9.80 Å².